The maximum absolute atomic E-state index is 11.2. The molecule has 0 amide bonds. The van der Waals surface area contributed by atoms with Gasteiger partial charge in [0.15, 0.2) is 5.16 Å². The highest BCUT2D eigenvalue weighted by Crippen LogP contribution is 2.33. The quantitative estimate of drug-likeness (QED) is 0.661. The predicted octanol–water partition coefficient (Wildman–Crippen LogP) is 2.53. The largest absolute Gasteiger partial charge is 0.478 e. The number of rotatable bonds is 3. The number of aryl methyl sites for hydroxylation is 2. The summed E-state index contributed by atoms with van der Waals surface area (Å²) in [5.74, 6) is -1.01. The van der Waals surface area contributed by atoms with Gasteiger partial charge in [0.2, 0.25) is 0 Å². The van der Waals surface area contributed by atoms with Crippen LogP contribution in [0.5, 0.6) is 0 Å². The van der Waals surface area contributed by atoms with Crippen molar-refractivity contribution in [3.63, 3.8) is 0 Å². The van der Waals surface area contributed by atoms with E-state index >= 15 is 0 Å². The first-order chi connectivity index (χ1) is 8.97. The van der Waals surface area contributed by atoms with Crippen molar-refractivity contribution in [1.82, 2.24) is 9.97 Å². The molecule has 19 heavy (non-hydrogen) atoms. The number of carboxylic acid groups (broad SMARTS) is 1. The fourth-order valence-electron chi connectivity index (χ4n) is 1.67. The van der Waals surface area contributed by atoms with E-state index in [-0.39, 0.29) is 5.56 Å². The zero-order valence-electron chi connectivity index (χ0n) is 10.5. The van der Waals surface area contributed by atoms with Crippen molar-refractivity contribution in [3.05, 3.63) is 41.2 Å². The molecular formula is C13H13N3O2S. The molecule has 2 aromatic rings. The van der Waals surface area contributed by atoms with Crippen LogP contribution in [0.3, 0.4) is 0 Å². The molecule has 0 aliphatic rings. The summed E-state index contributed by atoms with van der Waals surface area (Å²) >= 11 is 1.17. The SMILES string of the molecule is Cc1cc(C)nc(Sc2c(N)cccc2C(=O)O)n1. The molecule has 2 rings (SSSR count). The Balaban J connectivity index is 2.45. The van der Waals surface area contributed by atoms with E-state index in [4.69, 9.17) is 10.8 Å². The van der Waals surface area contributed by atoms with Gasteiger partial charge in [-0.15, -0.1) is 0 Å². The highest BCUT2D eigenvalue weighted by molar-refractivity contribution is 7.99. The van der Waals surface area contributed by atoms with E-state index in [9.17, 15) is 4.79 Å². The minimum Gasteiger partial charge on any atom is -0.478 e. The number of aromatic nitrogens is 2. The standard InChI is InChI=1S/C13H13N3O2S/c1-7-6-8(2)16-13(15-7)19-11-9(12(17)18)4-3-5-10(11)14/h3-6H,14H2,1-2H3,(H,17,18). The van der Waals surface area contributed by atoms with E-state index in [0.29, 0.717) is 15.7 Å². The molecule has 0 aliphatic heterocycles. The molecule has 0 unspecified atom stereocenters. The van der Waals surface area contributed by atoms with E-state index in [1.165, 1.54) is 17.8 Å². The highest BCUT2D eigenvalue weighted by atomic mass is 32.2. The van der Waals surface area contributed by atoms with Crippen LogP contribution in [-0.4, -0.2) is 21.0 Å². The summed E-state index contributed by atoms with van der Waals surface area (Å²) in [6, 6.07) is 6.66. The number of carbonyl (C=O) groups is 1. The summed E-state index contributed by atoms with van der Waals surface area (Å²) in [4.78, 5) is 20.2. The average Bonchev–Trinajstić information content (AvgIpc) is 2.30. The van der Waals surface area contributed by atoms with E-state index in [0.717, 1.165) is 11.4 Å². The van der Waals surface area contributed by atoms with Crippen molar-refractivity contribution in [2.24, 2.45) is 0 Å². The summed E-state index contributed by atoms with van der Waals surface area (Å²) in [5, 5.41) is 9.67. The van der Waals surface area contributed by atoms with Crippen LogP contribution < -0.4 is 5.73 Å². The second-order valence-corrected chi connectivity index (χ2v) is 5.04. The van der Waals surface area contributed by atoms with E-state index in [1.54, 1.807) is 12.1 Å². The van der Waals surface area contributed by atoms with Crippen LogP contribution in [0.4, 0.5) is 5.69 Å². The second-order valence-electron chi connectivity index (χ2n) is 4.06. The number of nitrogens with two attached hydrogens (primary N) is 1. The Morgan fingerprint density at radius 2 is 1.89 bits per heavy atom. The average molecular weight is 275 g/mol. The second kappa shape index (κ2) is 5.27. The Hall–Kier alpha value is -2.08. The van der Waals surface area contributed by atoms with Gasteiger partial charge in [-0.05, 0) is 43.8 Å². The van der Waals surface area contributed by atoms with Gasteiger partial charge in [-0.25, -0.2) is 14.8 Å². The van der Waals surface area contributed by atoms with Crippen molar-refractivity contribution in [1.29, 1.82) is 0 Å². The van der Waals surface area contributed by atoms with Gasteiger partial charge < -0.3 is 10.8 Å². The third-order valence-corrected chi connectivity index (χ3v) is 3.46. The lowest BCUT2D eigenvalue weighted by Gasteiger charge is -2.08. The van der Waals surface area contributed by atoms with Crippen LogP contribution >= 0.6 is 11.8 Å². The normalized spacial score (nSPS) is 10.4. The van der Waals surface area contributed by atoms with E-state index < -0.39 is 5.97 Å². The third-order valence-electron chi connectivity index (χ3n) is 2.43. The Kier molecular flexibility index (Phi) is 3.71. The molecule has 0 aliphatic carbocycles. The number of nitrogens with zero attached hydrogens (tertiary/aromatic N) is 2. The minimum atomic E-state index is -1.01. The first-order valence-corrected chi connectivity index (χ1v) is 6.41. The fourth-order valence-corrected chi connectivity index (χ4v) is 2.68. The van der Waals surface area contributed by atoms with Gasteiger partial charge in [0.25, 0.3) is 0 Å². The molecule has 0 radical (unpaired) electrons. The Morgan fingerprint density at radius 3 is 2.47 bits per heavy atom. The maximum atomic E-state index is 11.2. The van der Waals surface area contributed by atoms with Crippen LogP contribution in [0.25, 0.3) is 0 Å². The van der Waals surface area contributed by atoms with Crippen LogP contribution in [-0.2, 0) is 0 Å². The summed E-state index contributed by atoms with van der Waals surface area (Å²) in [6.45, 7) is 3.73. The molecule has 3 N–H and O–H groups in total. The van der Waals surface area contributed by atoms with Crippen molar-refractivity contribution in [3.8, 4) is 0 Å². The molecule has 0 fully saturated rings. The van der Waals surface area contributed by atoms with Crippen LogP contribution in [0, 0.1) is 13.8 Å². The van der Waals surface area contributed by atoms with E-state index in [1.807, 2.05) is 19.9 Å². The van der Waals surface area contributed by atoms with Crippen LogP contribution in [0.1, 0.15) is 21.7 Å². The maximum Gasteiger partial charge on any atom is 0.336 e. The van der Waals surface area contributed by atoms with E-state index in [2.05, 4.69) is 9.97 Å². The Bertz CT molecular complexity index is 624. The minimum absolute atomic E-state index is 0.160. The van der Waals surface area contributed by atoms with Gasteiger partial charge in [0, 0.05) is 17.1 Å². The molecule has 0 saturated carbocycles. The molecular weight excluding hydrogens is 262 g/mol. The molecule has 5 nitrogen and oxygen atoms in total. The highest BCUT2D eigenvalue weighted by Gasteiger charge is 2.15. The first kappa shape index (κ1) is 13.4. The molecule has 1 heterocycles. The number of benzene rings is 1. The molecule has 0 spiro atoms. The Morgan fingerprint density at radius 1 is 1.26 bits per heavy atom. The van der Waals surface area contributed by atoms with Crippen molar-refractivity contribution >= 4 is 23.4 Å². The molecule has 1 aromatic carbocycles. The van der Waals surface area contributed by atoms with Gasteiger partial charge in [-0.3, -0.25) is 0 Å². The van der Waals surface area contributed by atoms with Gasteiger partial charge >= 0.3 is 5.97 Å². The van der Waals surface area contributed by atoms with Crippen molar-refractivity contribution < 1.29 is 9.90 Å². The Labute approximate surface area is 114 Å². The zero-order chi connectivity index (χ0) is 14.0. The number of nitrogen functional groups attached to an aromatic ring is 1. The monoisotopic (exact) mass is 275 g/mol. The topological polar surface area (TPSA) is 89.1 Å². The molecule has 1 aromatic heterocycles. The van der Waals surface area contributed by atoms with Gasteiger partial charge in [0.1, 0.15) is 0 Å². The van der Waals surface area contributed by atoms with Crippen LogP contribution in [0.2, 0.25) is 0 Å². The summed E-state index contributed by atoms with van der Waals surface area (Å²) in [5.41, 5.74) is 8.08. The lowest BCUT2D eigenvalue weighted by molar-refractivity contribution is 0.0693. The lowest BCUT2D eigenvalue weighted by atomic mass is 10.2. The molecule has 0 atom stereocenters. The third kappa shape index (κ3) is 3.03. The molecule has 6 heteroatoms. The number of aromatic carboxylic acids is 1. The fraction of sp³-hybridized carbons (Fsp3) is 0.154. The number of carboxylic acids is 1. The van der Waals surface area contributed by atoms with Gasteiger partial charge in [-0.2, -0.15) is 0 Å². The van der Waals surface area contributed by atoms with Crippen LogP contribution in [0.15, 0.2) is 34.3 Å². The summed E-state index contributed by atoms with van der Waals surface area (Å²) in [7, 11) is 0. The summed E-state index contributed by atoms with van der Waals surface area (Å²) in [6.07, 6.45) is 0. The smallest absolute Gasteiger partial charge is 0.336 e. The van der Waals surface area contributed by atoms with Crippen molar-refractivity contribution in [2.45, 2.75) is 23.9 Å². The predicted molar refractivity (Wildman–Crippen MR) is 73.4 cm³/mol. The van der Waals surface area contributed by atoms with Crippen molar-refractivity contribution in [2.75, 3.05) is 5.73 Å². The van der Waals surface area contributed by atoms with Gasteiger partial charge in [0.05, 0.1) is 10.5 Å². The zero-order valence-corrected chi connectivity index (χ0v) is 11.4. The number of hydrogen-bond donors (Lipinski definition) is 2. The molecule has 0 bridgehead atoms. The molecule has 0 saturated heterocycles. The number of hydrogen-bond acceptors (Lipinski definition) is 5. The summed E-state index contributed by atoms with van der Waals surface area (Å²) < 4.78 is 0. The lowest BCUT2D eigenvalue weighted by Crippen LogP contribution is -2.02. The first-order valence-electron chi connectivity index (χ1n) is 5.59. The van der Waals surface area contributed by atoms with Gasteiger partial charge in [-0.1, -0.05) is 6.07 Å². The number of anilines is 1. The molecule has 98 valence electrons.